The maximum absolute atomic E-state index is 12.7. The molecular weight excluding hydrogens is 584 g/mol. The van der Waals surface area contributed by atoms with Crippen LogP contribution in [-0.2, 0) is 18.6 Å². The first-order chi connectivity index (χ1) is 18.3. The number of imidazole rings is 1. The molecule has 6 atom stereocenters. The quantitative estimate of drug-likeness (QED) is 0.149. The summed E-state index contributed by atoms with van der Waals surface area (Å²) in [5.41, 5.74) is 0.144. The molecule has 2 aromatic heterocycles. The molecule has 4 fully saturated rings. The normalized spacial score (nSPS) is 32.3. The van der Waals surface area contributed by atoms with Crippen LogP contribution in [0.5, 0.6) is 0 Å². The molecule has 4 aliphatic heterocycles. The molecule has 39 heavy (non-hydrogen) atoms. The van der Waals surface area contributed by atoms with Gasteiger partial charge in [-0.3, -0.25) is 23.9 Å². The fourth-order valence-electron chi connectivity index (χ4n) is 5.13. The molecule has 0 radical (unpaired) electrons. The van der Waals surface area contributed by atoms with Crippen LogP contribution in [0.4, 0.5) is 10.6 Å². The zero-order valence-corrected chi connectivity index (χ0v) is 22.8. The Labute approximate surface area is 226 Å². The van der Waals surface area contributed by atoms with Crippen LogP contribution in [0.3, 0.4) is 0 Å². The van der Waals surface area contributed by atoms with Gasteiger partial charge in [0.2, 0.25) is 5.28 Å². The van der Waals surface area contributed by atoms with E-state index in [0.717, 1.165) is 25.9 Å². The van der Waals surface area contributed by atoms with Gasteiger partial charge in [-0.05, 0) is 43.5 Å². The molecule has 216 valence electrons. The monoisotopic (exact) mass is 611 g/mol. The molecule has 0 aliphatic carbocycles. The van der Waals surface area contributed by atoms with Crippen molar-refractivity contribution in [2.75, 3.05) is 37.4 Å². The van der Waals surface area contributed by atoms with Crippen LogP contribution in [0.15, 0.2) is 6.33 Å². The van der Waals surface area contributed by atoms with Gasteiger partial charge < -0.3 is 34.4 Å². The highest BCUT2D eigenvalue weighted by Crippen LogP contribution is 2.52. The van der Waals surface area contributed by atoms with Crippen molar-refractivity contribution in [2.24, 2.45) is 5.92 Å². The van der Waals surface area contributed by atoms with Gasteiger partial charge in [-0.1, -0.05) is 0 Å². The van der Waals surface area contributed by atoms with Crippen LogP contribution in [-0.4, -0.2) is 112 Å². The van der Waals surface area contributed by atoms with Crippen LogP contribution in [0.2, 0.25) is 5.28 Å². The van der Waals surface area contributed by atoms with Gasteiger partial charge in [0.25, 0.3) is 7.52 Å². The first kappa shape index (κ1) is 28.8. The van der Waals surface area contributed by atoms with E-state index in [1.165, 1.54) is 10.9 Å². The lowest BCUT2D eigenvalue weighted by Crippen LogP contribution is -2.52. The molecule has 17 nitrogen and oxygen atoms in total. The van der Waals surface area contributed by atoms with Crippen molar-refractivity contribution in [3.63, 3.8) is 0 Å². The Morgan fingerprint density at radius 1 is 1.18 bits per heavy atom. The molecule has 0 spiro atoms. The second-order valence-electron chi connectivity index (χ2n) is 9.79. The second kappa shape index (κ2) is 10.9. The third-order valence-corrected chi connectivity index (χ3v) is 10.8. The lowest BCUT2D eigenvalue weighted by molar-refractivity contribution is -0.0331. The molecule has 7 N–H and O–H groups in total. The van der Waals surface area contributed by atoms with Crippen LogP contribution in [0.25, 0.3) is 11.2 Å². The molecule has 4 saturated heterocycles. The number of piperidine rings is 3. The molecule has 0 aromatic carbocycles. The molecule has 4 aliphatic rings. The number of carbonyl (C=O) groups excluding carboxylic acids is 1. The van der Waals surface area contributed by atoms with E-state index in [1.54, 1.807) is 0 Å². The van der Waals surface area contributed by atoms with E-state index in [1.807, 2.05) is 0 Å². The Kier molecular flexibility index (Phi) is 8.05. The van der Waals surface area contributed by atoms with Crippen molar-refractivity contribution < 1.29 is 48.3 Å². The van der Waals surface area contributed by atoms with Crippen molar-refractivity contribution in [3.8, 4) is 0 Å². The summed E-state index contributed by atoms with van der Waals surface area (Å²) >= 11 is 6.09. The number of rotatable bonds is 8. The average molecular weight is 612 g/mol. The second-order valence-corrected chi connectivity index (χ2v) is 14.3. The summed E-state index contributed by atoms with van der Waals surface area (Å²) in [5.74, 6) is -1.06. The van der Waals surface area contributed by atoms with Crippen LogP contribution >= 0.6 is 26.7 Å². The molecule has 6 rings (SSSR count). The Bertz CT molecular complexity index is 1340. The summed E-state index contributed by atoms with van der Waals surface area (Å²) < 4.78 is 35.7. The van der Waals surface area contributed by atoms with Gasteiger partial charge in [0.05, 0.1) is 6.33 Å². The van der Waals surface area contributed by atoms with Crippen LogP contribution < -0.4 is 10.4 Å². The lowest BCUT2D eigenvalue weighted by atomic mass is 9.86. The zero-order chi connectivity index (χ0) is 28.1. The predicted molar refractivity (Wildman–Crippen MR) is 134 cm³/mol. The molecule has 6 unspecified atom stereocenters. The van der Waals surface area contributed by atoms with E-state index in [0.29, 0.717) is 12.5 Å². The van der Waals surface area contributed by atoms with Gasteiger partial charge in [0, 0.05) is 13.1 Å². The van der Waals surface area contributed by atoms with Crippen molar-refractivity contribution in [1.82, 2.24) is 29.5 Å². The Hall–Kier alpha value is -1.75. The van der Waals surface area contributed by atoms with Crippen molar-refractivity contribution >= 4 is 49.8 Å². The summed E-state index contributed by atoms with van der Waals surface area (Å²) in [6, 6.07) is 0. The summed E-state index contributed by atoms with van der Waals surface area (Å²) in [5, 5.41) is 25.4. The number of fused-ring (bicyclic) bond motifs is 4. The van der Waals surface area contributed by atoms with E-state index in [-0.39, 0.29) is 28.4 Å². The number of aromatic nitrogens is 4. The minimum atomic E-state index is -4.80. The van der Waals surface area contributed by atoms with Gasteiger partial charge in [-0.2, -0.15) is 9.97 Å². The summed E-state index contributed by atoms with van der Waals surface area (Å²) in [6.07, 6.45) is -3.48. The molecule has 2 aromatic rings. The number of nitrogens with zero attached hydrogens (tertiary/aromatic N) is 5. The van der Waals surface area contributed by atoms with Gasteiger partial charge in [-0.15, -0.1) is 0 Å². The number of aliphatic hydroxyl groups excluding tert-OH is 2. The van der Waals surface area contributed by atoms with E-state index in [2.05, 4.69) is 30.3 Å². The number of carbonyl (C=O) groups is 1. The highest BCUT2D eigenvalue weighted by Gasteiger charge is 2.45. The maximum Gasteiger partial charge on any atom is 0.413 e. The van der Waals surface area contributed by atoms with E-state index >= 15 is 0 Å². The number of hydrogen-bond acceptors (Lipinski definition) is 11. The highest BCUT2D eigenvalue weighted by atomic mass is 35.5. The number of aliphatic hydroxyl groups is 2. The Morgan fingerprint density at radius 2 is 1.90 bits per heavy atom. The molecule has 6 heterocycles. The minimum Gasteiger partial charge on any atom is -0.444 e. The SMILES string of the molecule is O=C(Nc1nc(Cl)nc2c1ncn2C1OC(CNP(=O)(O)CP(=O)(O)O)C(O)C1O)OC1CN2CCC1CC2. The molecular formula is C19H28ClN7O10P2. The standard InChI is InChI=1S/C19H28ClN7O10P2/c20-18-23-15(24-19(30)37-11-6-26-3-1-9(11)2-4-26)12-16(25-18)27(7-21-12)17-14(29)13(28)10(36-17)5-22-38(31,32)8-39(33,34)35/h7,9-11,13-14,17,28-29H,1-6,8H2,(H2,22,31,32)(H2,33,34,35)(H,23,24,25,30). The number of ether oxygens (including phenoxy) is 2. The van der Waals surface area contributed by atoms with Crippen LogP contribution in [0, 0.1) is 5.92 Å². The van der Waals surface area contributed by atoms with Gasteiger partial charge in [0.15, 0.2) is 23.2 Å². The zero-order valence-electron chi connectivity index (χ0n) is 20.3. The first-order valence-electron chi connectivity index (χ1n) is 12.0. The van der Waals surface area contributed by atoms with Crippen molar-refractivity contribution in [3.05, 3.63) is 11.6 Å². The summed E-state index contributed by atoms with van der Waals surface area (Å²) in [6.45, 7) is 2.12. The molecule has 0 saturated carbocycles. The van der Waals surface area contributed by atoms with Crippen molar-refractivity contribution in [1.29, 1.82) is 0 Å². The number of anilines is 1. The smallest absolute Gasteiger partial charge is 0.413 e. The Balaban J connectivity index is 1.29. The fraction of sp³-hybridized carbons (Fsp3) is 0.684. The average Bonchev–Trinajstić information content (AvgIpc) is 3.38. The highest BCUT2D eigenvalue weighted by molar-refractivity contribution is 7.71. The fourth-order valence-corrected chi connectivity index (χ4v) is 8.16. The topological polar surface area (TPSA) is 242 Å². The maximum atomic E-state index is 12.7. The number of hydrogen-bond donors (Lipinski definition) is 7. The number of nitrogens with one attached hydrogen (secondary N) is 2. The van der Waals surface area contributed by atoms with E-state index < -0.39 is 58.2 Å². The van der Waals surface area contributed by atoms with Gasteiger partial charge in [0.1, 0.15) is 30.3 Å². The van der Waals surface area contributed by atoms with Crippen molar-refractivity contribution in [2.45, 2.75) is 43.5 Å². The molecule has 20 heteroatoms. The summed E-state index contributed by atoms with van der Waals surface area (Å²) in [4.78, 5) is 54.9. The summed E-state index contributed by atoms with van der Waals surface area (Å²) in [7, 11) is -9.27. The third kappa shape index (κ3) is 6.44. The number of amides is 1. The number of halogens is 1. The predicted octanol–water partition coefficient (Wildman–Crippen LogP) is -0.348. The minimum absolute atomic E-state index is 0.0417. The van der Waals surface area contributed by atoms with Gasteiger partial charge >= 0.3 is 13.7 Å². The molecule has 2 bridgehead atoms. The van der Waals surface area contributed by atoms with Gasteiger partial charge in [-0.25, -0.2) is 14.9 Å². The lowest BCUT2D eigenvalue weighted by Gasteiger charge is -2.43. The van der Waals surface area contributed by atoms with Crippen LogP contribution in [0.1, 0.15) is 19.1 Å². The van der Waals surface area contributed by atoms with E-state index in [4.69, 9.17) is 30.9 Å². The molecule has 1 amide bonds. The third-order valence-electron chi connectivity index (χ3n) is 7.00. The first-order valence-corrected chi connectivity index (χ1v) is 16.0. The largest absolute Gasteiger partial charge is 0.444 e. The van der Waals surface area contributed by atoms with E-state index in [9.17, 15) is 29.0 Å². The Morgan fingerprint density at radius 3 is 2.54 bits per heavy atom.